The average molecular weight is 297 g/mol. The molecule has 2 aromatic heterocycles. The normalized spacial score (nSPS) is 12.5. The Balaban J connectivity index is 1.99. The standard InChI is InChI=1S/C16H19N5O/c1-11-4-5-14(21-7-6-18-10-21)13(8-11)16-19-15(20-22-16)9-12(2)17-3/h4-8,10,12,17H,9H2,1-3H3. The van der Waals surface area contributed by atoms with Gasteiger partial charge in [-0.2, -0.15) is 4.98 Å². The van der Waals surface area contributed by atoms with E-state index in [4.69, 9.17) is 4.52 Å². The van der Waals surface area contributed by atoms with Crippen LogP contribution in [0.4, 0.5) is 0 Å². The first-order chi connectivity index (χ1) is 10.7. The van der Waals surface area contributed by atoms with Crippen molar-refractivity contribution >= 4 is 0 Å². The molecule has 0 bridgehead atoms. The van der Waals surface area contributed by atoms with Crippen molar-refractivity contribution in [1.82, 2.24) is 25.0 Å². The number of benzene rings is 1. The molecular formula is C16H19N5O. The molecule has 1 aromatic carbocycles. The van der Waals surface area contributed by atoms with E-state index < -0.39 is 0 Å². The second-order valence-corrected chi connectivity index (χ2v) is 5.40. The topological polar surface area (TPSA) is 68.8 Å². The molecule has 114 valence electrons. The Morgan fingerprint density at radius 2 is 2.23 bits per heavy atom. The Hall–Kier alpha value is -2.47. The van der Waals surface area contributed by atoms with Gasteiger partial charge >= 0.3 is 0 Å². The first-order valence-corrected chi connectivity index (χ1v) is 7.26. The second kappa shape index (κ2) is 6.11. The molecule has 0 spiro atoms. The molecule has 1 N–H and O–H groups in total. The Morgan fingerprint density at radius 1 is 1.36 bits per heavy atom. The molecule has 6 nitrogen and oxygen atoms in total. The fraction of sp³-hybridized carbons (Fsp3) is 0.312. The zero-order chi connectivity index (χ0) is 15.5. The predicted octanol–water partition coefficient (Wildman–Crippen LogP) is 2.38. The quantitative estimate of drug-likeness (QED) is 0.783. The van der Waals surface area contributed by atoms with Crippen molar-refractivity contribution in [3.63, 3.8) is 0 Å². The molecule has 0 saturated carbocycles. The number of likely N-dealkylation sites (N-methyl/N-ethyl adjacent to an activating group) is 1. The van der Waals surface area contributed by atoms with Crippen LogP contribution in [0.1, 0.15) is 18.3 Å². The highest BCUT2D eigenvalue weighted by atomic mass is 16.5. The van der Waals surface area contributed by atoms with Crippen LogP contribution in [-0.4, -0.2) is 32.8 Å². The summed E-state index contributed by atoms with van der Waals surface area (Å²) in [7, 11) is 1.92. The van der Waals surface area contributed by atoms with Gasteiger partial charge in [-0.15, -0.1) is 0 Å². The number of rotatable bonds is 5. The first-order valence-electron chi connectivity index (χ1n) is 7.26. The highest BCUT2D eigenvalue weighted by molar-refractivity contribution is 5.67. The van der Waals surface area contributed by atoms with Gasteiger partial charge in [-0.3, -0.25) is 0 Å². The van der Waals surface area contributed by atoms with Crippen molar-refractivity contribution in [3.05, 3.63) is 48.3 Å². The summed E-state index contributed by atoms with van der Waals surface area (Å²) in [6.07, 6.45) is 6.13. The molecule has 3 rings (SSSR count). The summed E-state index contributed by atoms with van der Waals surface area (Å²) in [5.74, 6) is 1.24. The van der Waals surface area contributed by atoms with Gasteiger partial charge in [0.2, 0.25) is 0 Å². The SMILES string of the molecule is CNC(C)Cc1noc(-c2cc(C)ccc2-n2ccnc2)n1. The highest BCUT2D eigenvalue weighted by Gasteiger charge is 2.15. The molecule has 0 amide bonds. The monoisotopic (exact) mass is 297 g/mol. The minimum Gasteiger partial charge on any atom is -0.334 e. The molecule has 22 heavy (non-hydrogen) atoms. The maximum atomic E-state index is 5.47. The van der Waals surface area contributed by atoms with Crippen LogP contribution in [0.2, 0.25) is 0 Å². The van der Waals surface area contributed by atoms with Crippen molar-refractivity contribution in [2.24, 2.45) is 0 Å². The van der Waals surface area contributed by atoms with E-state index in [0.29, 0.717) is 17.8 Å². The number of hydrogen-bond acceptors (Lipinski definition) is 5. The van der Waals surface area contributed by atoms with E-state index in [1.165, 1.54) is 0 Å². The van der Waals surface area contributed by atoms with Crippen molar-refractivity contribution in [1.29, 1.82) is 0 Å². The van der Waals surface area contributed by atoms with E-state index >= 15 is 0 Å². The van der Waals surface area contributed by atoms with Crippen molar-refractivity contribution in [2.45, 2.75) is 26.3 Å². The van der Waals surface area contributed by atoms with Crippen LogP contribution >= 0.6 is 0 Å². The molecule has 1 unspecified atom stereocenters. The lowest BCUT2D eigenvalue weighted by atomic mass is 10.1. The molecule has 3 aromatic rings. The van der Waals surface area contributed by atoms with Crippen LogP contribution in [0.25, 0.3) is 17.1 Å². The molecule has 0 fully saturated rings. The third-order valence-corrected chi connectivity index (χ3v) is 3.61. The molecule has 0 aliphatic rings. The van der Waals surface area contributed by atoms with Gasteiger partial charge in [-0.25, -0.2) is 4.98 Å². The van der Waals surface area contributed by atoms with Crippen LogP contribution in [0.5, 0.6) is 0 Å². The van der Waals surface area contributed by atoms with Crippen molar-refractivity contribution in [3.8, 4) is 17.1 Å². The van der Waals surface area contributed by atoms with E-state index in [1.807, 2.05) is 36.9 Å². The van der Waals surface area contributed by atoms with Gasteiger partial charge in [0.15, 0.2) is 5.82 Å². The number of aromatic nitrogens is 4. The largest absolute Gasteiger partial charge is 0.334 e. The van der Waals surface area contributed by atoms with Crippen molar-refractivity contribution in [2.75, 3.05) is 7.05 Å². The molecule has 0 radical (unpaired) electrons. The van der Waals surface area contributed by atoms with Crippen LogP contribution < -0.4 is 5.32 Å². The summed E-state index contributed by atoms with van der Waals surface area (Å²) in [6.45, 7) is 4.13. The Kier molecular flexibility index (Phi) is 4.02. The third-order valence-electron chi connectivity index (χ3n) is 3.61. The zero-order valence-corrected chi connectivity index (χ0v) is 12.9. The van der Waals surface area contributed by atoms with Gasteiger partial charge < -0.3 is 14.4 Å². The Morgan fingerprint density at radius 3 is 2.95 bits per heavy atom. The molecule has 2 heterocycles. The lowest BCUT2D eigenvalue weighted by Crippen LogP contribution is -2.24. The molecular weight excluding hydrogens is 278 g/mol. The summed E-state index contributed by atoms with van der Waals surface area (Å²) in [5.41, 5.74) is 3.02. The van der Waals surface area contributed by atoms with Gasteiger partial charge in [0.05, 0.1) is 17.6 Å². The minimum atomic E-state index is 0.302. The van der Waals surface area contributed by atoms with Gasteiger partial charge in [0, 0.05) is 24.9 Å². The predicted molar refractivity (Wildman–Crippen MR) is 83.8 cm³/mol. The Bertz CT molecular complexity index is 748. The summed E-state index contributed by atoms with van der Waals surface area (Å²) in [5, 5.41) is 7.25. The molecule has 1 atom stereocenters. The van der Waals surface area contributed by atoms with Gasteiger partial charge in [-0.1, -0.05) is 16.8 Å². The van der Waals surface area contributed by atoms with Crippen molar-refractivity contribution < 1.29 is 4.52 Å². The van der Waals surface area contributed by atoms with E-state index in [9.17, 15) is 0 Å². The van der Waals surface area contributed by atoms with E-state index in [1.54, 1.807) is 12.5 Å². The van der Waals surface area contributed by atoms with E-state index in [2.05, 4.69) is 33.4 Å². The van der Waals surface area contributed by atoms with Gasteiger partial charge in [0.25, 0.3) is 5.89 Å². The van der Waals surface area contributed by atoms with Crippen LogP contribution in [0.15, 0.2) is 41.4 Å². The van der Waals surface area contributed by atoms with E-state index in [0.717, 1.165) is 23.2 Å². The lowest BCUT2D eigenvalue weighted by molar-refractivity contribution is 0.418. The number of hydrogen-bond donors (Lipinski definition) is 1. The minimum absolute atomic E-state index is 0.302. The zero-order valence-electron chi connectivity index (χ0n) is 12.9. The number of nitrogens with one attached hydrogen (secondary N) is 1. The highest BCUT2D eigenvalue weighted by Crippen LogP contribution is 2.26. The van der Waals surface area contributed by atoms with Gasteiger partial charge in [-0.05, 0) is 33.0 Å². The third kappa shape index (κ3) is 2.92. The number of imidazole rings is 1. The molecule has 6 heteroatoms. The summed E-state index contributed by atoms with van der Waals surface area (Å²) in [6, 6.07) is 6.44. The van der Waals surface area contributed by atoms with Crippen LogP contribution in [-0.2, 0) is 6.42 Å². The van der Waals surface area contributed by atoms with E-state index in [-0.39, 0.29) is 0 Å². The molecule has 0 saturated heterocycles. The number of nitrogens with zero attached hydrogens (tertiary/aromatic N) is 4. The van der Waals surface area contributed by atoms with Gasteiger partial charge in [0.1, 0.15) is 0 Å². The smallest absolute Gasteiger partial charge is 0.260 e. The molecule has 0 aliphatic carbocycles. The average Bonchev–Trinajstić information content (AvgIpc) is 3.18. The maximum Gasteiger partial charge on any atom is 0.260 e. The first kappa shape index (κ1) is 14.5. The van der Waals surface area contributed by atoms with Crippen LogP contribution in [0.3, 0.4) is 0 Å². The number of aryl methyl sites for hydroxylation is 1. The second-order valence-electron chi connectivity index (χ2n) is 5.40. The fourth-order valence-corrected chi connectivity index (χ4v) is 2.27. The Labute approximate surface area is 129 Å². The molecule has 0 aliphatic heterocycles. The lowest BCUT2D eigenvalue weighted by Gasteiger charge is -2.08. The fourth-order valence-electron chi connectivity index (χ4n) is 2.27. The van der Waals surface area contributed by atoms with Crippen LogP contribution in [0, 0.1) is 6.92 Å². The summed E-state index contributed by atoms with van der Waals surface area (Å²) in [4.78, 5) is 8.63. The summed E-state index contributed by atoms with van der Waals surface area (Å²) < 4.78 is 7.41. The summed E-state index contributed by atoms with van der Waals surface area (Å²) >= 11 is 0. The maximum absolute atomic E-state index is 5.47.